The van der Waals surface area contributed by atoms with Gasteiger partial charge < -0.3 is 14.2 Å². The number of carbonyl (C=O) groups excluding carboxylic acids is 2. The van der Waals surface area contributed by atoms with Crippen LogP contribution in [0.15, 0.2) is 35.3 Å². The molecule has 6 atom stereocenters. The Hall–Kier alpha value is -1.88. The lowest BCUT2D eigenvalue weighted by Gasteiger charge is -2.47. The first kappa shape index (κ1) is 23.8. The Kier molecular flexibility index (Phi) is 6.85. The lowest BCUT2D eigenvalue weighted by Crippen LogP contribution is -2.40. The maximum Gasteiger partial charge on any atom is 0.335 e. The molecule has 0 N–H and O–H groups in total. The summed E-state index contributed by atoms with van der Waals surface area (Å²) < 4.78 is 17.4. The summed E-state index contributed by atoms with van der Waals surface area (Å²) in [6.07, 6.45) is 9.83. The molecule has 0 amide bonds. The molecule has 3 aliphatic rings. The molecule has 5 nitrogen and oxygen atoms in total. The maximum atomic E-state index is 12.4. The van der Waals surface area contributed by atoms with Crippen LogP contribution in [0.25, 0.3) is 0 Å². The highest BCUT2D eigenvalue weighted by Gasteiger charge is 2.56. The first-order chi connectivity index (χ1) is 14.5. The first-order valence-electron chi connectivity index (χ1n) is 11.5. The standard InChI is InChI=1S/C26H38O5/c1-16(2)12-23(28)30-11-9-22-20-14-26(6,29-7)31-24(20)21(15-27)19-13-25(22,5)10-8-18(19)17(3)4/h9,11-12,15,17-20,22H,8,10,13-14H2,1-7H3/b11-9+/t18-,19-,20-,22-,25-,26-/m0/s1. The third kappa shape index (κ3) is 4.67. The normalized spacial score (nSPS) is 37.3. The molecule has 0 spiro atoms. The summed E-state index contributed by atoms with van der Waals surface area (Å²) in [6, 6.07) is 0. The van der Waals surface area contributed by atoms with Gasteiger partial charge in [0.2, 0.25) is 5.79 Å². The maximum absolute atomic E-state index is 12.4. The average molecular weight is 431 g/mol. The van der Waals surface area contributed by atoms with Crippen molar-refractivity contribution in [2.24, 2.45) is 35.0 Å². The molecule has 5 heteroatoms. The van der Waals surface area contributed by atoms with Gasteiger partial charge in [-0.05, 0) is 68.3 Å². The Balaban J connectivity index is 2.03. The lowest BCUT2D eigenvalue weighted by atomic mass is 9.57. The van der Waals surface area contributed by atoms with Gasteiger partial charge in [-0.1, -0.05) is 26.3 Å². The number of aldehydes is 1. The quantitative estimate of drug-likeness (QED) is 0.239. The van der Waals surface area contributed by atoms with Crippen LogP contribution < -0.4 is 0 Å². The van der Waals surface area contributed by atoms with Crippen molar-refractivity contribution in [3.63, 3.8) is 0 Å². The van der Waals surface area contributed by atoms with Gasteiger partial charge in [-0.3, -0.25) is 4.79 Å². The zero-order valence-corrected chi connectivity index (χ0v) is 20.1. The highest BCUT2D eigenvalue weighted by Crippen LogP contribution is 2.60. The third-order valence-electron chi connectivity index (χ3n) is 7.72. The molecule has 0 unspecified atom stereocenters. The molecule has 0 radical (unpaired) electrons. The molecular formula is C26H38O5. The zero-order valence-electron chi connectivity index (χ0n) is 20.1. The zero-order chi connectivity index (χ0) is 23.0. The molecule has 1 heterocycles. The summed E-state index contributed by atoms with van der Waals surface area (Å²) >= 11 is 0. The Morgan fingerprint density at radius 3 is 2.48 bits per heavy atom. The lowest BCUT2D eigenvalue weighted by molar-refractivity contribution is -0.164. The summed E-state index contributed by atoms with van der Waals surface area (Å²) in [5.74, 6) is 0.898. The second-order valence-corrected chi connectivity index (χ2v) is 10.6. The van der Waals surface area contributed by atoms with Gasteiger partial charge in [0.05, 0.1) is 6.26 Å². The highest BCUT2D eigenvalue weighted by atomic mass is 16.7. The van der Waals surface area contributed by atoms with Gasteiger partial charge in [-0.2, -0.15) is 0 Å². The molecule has 0 aromatic heterocycles. The molecule has 172 valence electrons. The summed E-state index contributed by atoms with van der Waals surface area (Å²) in [5, 5.41) is 0. The molecular weight excluding hydrogens is 392 g/mol. The number of methoxy groups -OCH3 is 1. The van der Waals surface area contributed by atoms with Crippen LogP contribution in [0, 0.1) is 35.0 Å². The minimum absolute atomic E-state index is 0.0154. The van der Waals surface area contributed by atoms with Crippen molar-refractivity contribution in [1.29, 1.82) is 0 Å². The number of carbonyl (C=O) groups is 2. The van der Waals surface area contributed by atoms with E-state index in [9.17, 15) is 9.59 Å². The van der Waals surface area contributed by atoms with Gasteiger partial charge in [0.1, 0.15) is 12.0 Å². The minimum Gasteiger partial charge on any atom is -0.466 e. The van der Waals surface area contributed by atoms with Crippen molar-refractivity contribution in [3.05, 3.63) is 35.3 Å². The smallest absolute Gasteiger partial charge is 0.335 e. The molecule has 2 aliphatic carbocycles. The number of hydrogen-bond acceptors (Lipinski definition) is 5. The van der Waals surface area contributed by atoms with E-state index in [0.29, 0.717) is 18.3 Å². The van der Waals surface area contributed by atoms with Crippen molar-refractivity contribution in [2.45, 2.75) is 73.0 Å². The van der Waals surface area contributed by atoms with Gasteiger partial charge in [0, 0.05) is 38.0 Å². The highest BCUT2D eigenvalue weighted by molar-refractivity contribution is 5.83. The van der Waals surface area contributed by atoms with E-state index in [1.807, 2.05) is 26.8 Å². The van der Waals surface area contributed by atoms with E-state index in [1.54, 1.807) is 7.11 Å². The van der Waals surface area contributed by atoms with Crippen LogP contribution >= 0.6 is 0 Å². The van der Waals surface area contributed by atoms with Gasteiger partial charge in [0.25, 0.3) is 0 Å². The van der Waals surface area contributed by atoms with Gasteiger partial charge in [-0.15, -0.1) is 0 Å². The predicted molar refractivity (Wildman–Crippen MR) is 120 cm³/mol. The van der Waals surface area contributed by atoms with E-state index in [2.05, 4.69) is 20.8 Å². The molecule has 3 rings (SSSR count). The van der Waals surface area contributed by atoms with Gasteiger partial charge in [0.15, 0.2) is 0 Å². The number of hydrogen-bond donors (Lipinski definition) is 0. The molecule has 1 saturated heterocycles. The number of allylic oxidation sites excluding steroid dienone is 4. The molecule has 2 bridgehead atoms. The van der Waals surface area contributed by atoms with Crippen LogP contribution in [0.4, 0.5) is 0 Å². The van der Waals surface area contributed by atoms with Crippen molar-refractivity contribution >= 4 is 12.3 Å². The van der Waals surface area contributed by atoms with Crippen LogP contribution in [0.2, 0.25) is 0 Å². The fourth-order valence-corrected chi connectivity index (χ4v) is 6.07. The van der Waals surface area contributed by atoms with Gasteiger partial charge >= 0.3 is 5.97 Å². The minimum atomic E-state index is -0.756. The molecule has 31 heavy (non-hydrogen) atoms. The topological polar surface area (TPSA) is 61.8 Å². The summed E-state index contributed by atoms with van der Waals surface area (Å²) in [5.41, 5.74) is 1.70. The average Bonchev–Trinajstić information content (AvgIpc) is 3.00. The van der Waals surface area contributed by atoms with Crippen LogP contribution in [0.1, 0.15) is 67.2 Å². The van der Waals surface area contributed by atoms with Crippen LogP contribution in [0.5, 0.6) is 0 Å². The second kappa shape index (κ2) is 8.93. The summed E-state index contributed by atoms with van der Waals surface area (Å²) in [4.78, 5) is 24.4. The van der Waals surface area contributed by atoms with Crippen LogP contribution in [-0.4, -0.2) is 25.2 Å². The van der Waals surface area contributed by atoms with E-state index < -0.39 is 5.79 Å². The Morgan fingerprint density at radius 2 is 1.90 bits per heavy atom. The predicted octanol–water partition coefficient (Wildman–Crippen LogP) is 5.57. The number of rotatable bonds is 6. The van der Waals surface area contributed by atoms with Crippen molar-refractivity contribution in [2.75, 3.05) is 7.11 Å². The van der Waals surface area contributed by atoms with Crippen LogP contribution in [-0.2, 0) is 23.8 Å². The molecule has 1 aliphatic heterocycles. The monoisotopic (exact) mass is 430 g/mol. The molecule has 0 aromatic rings. The summed E-state index contributed by atoms with van der Waals surface area (Å²) in [7, 11) is 1.65. The number of ether oxygens (including phenoxy) is 3. The Bertz CT molecular complexity index is 803. The second-order valence-electron chi connectivity index (χ2n) is 10.6. The fraction of sp³-hybridized carbons (Fsp3) is 0.692. The van der Waals surface area contributed by atoms with E-state index in [1.165, 1.54) is 12.3 Å². The van der Waals surface area contributed by atoms with Crippen molar-refractivity contribution in [3.8, 4) is 0 Å². The van der Waals surface area contributed by atoms with Crippen molar-refractivity contribution in [1.82, 2.24) is 0 Å². The largest absolute Gasteiger partial charge is 0.466 e. The van der Waals surface area contributed by atoms with Gasteiger partial charge in [-0.25, -0.2) is 4.79 Å². The number of esters is 1. The molecule has 0 aromatic carbocycles. The Labute approximate surface area is 186 Å². The van der Waals surface area contributed by atoms with Crippen LogP contribution in [0.3, 0.4) is 0 Å². The SMILES string of the molecule is CO[C@]1(C)C[C@@H]2C(=C(C=O)[C@H]3C[C@](C)(CC[C@H]3C(C)C)[C@H]2/C=C/OC(=O)C=C(C)C)O1. The molecule has 1 saturated carbocycles. The van der Waals surface area contributed by atoms with Crippen molar-refractivity contribution < 1.29 is 23.8 Å². The van der Waals surface area contributed by atoms with E-state index in [0.717, 1.165) is 42.5 Å². The molecule has 2 fully saturated rings. The fourth-order valence-electron chi connectivity index (χ4n) is 6.07. The van der Waals surface area contributed by atoms with E-state index in [4.69, 9.17) is 14.2 Å². The third-order valence-corrected chi connectivity index (χ3v) is 7.72. The number of fused-ring (bicyclic) bond motifs is 3. The van der Waals surface area contributed by atoms with E-state index >= 15 is 0 Å². The van der Waals surface area contributed by atoms with E-state index in [-0.39, 0.29) is 29.1 Å². The summed E-state index contributed by atoms with van der Waals surface area (Å²) in [6.45, 7) is 12.5. The Morgan fingerprint density at radius 1 is 1.19 bits per heavy atom. The first-order valence-corrected chi connectivity index (χ1v) is 11.5.